The molecule has 0 aliphatic carbocycles. The van der Waals surface area contributed by atoms with Crippen LogP contribution in [0.3, 0.4) is 0 Å². The summed E-state index contributed by atoms with van der Waals surface area (Å²) in [6.07, 6.45) is 0.644. The summed E-state index contributed by atoms with van der Waals surface area (Å²) >= 11 is 0. The lowest BCUT2D eigenvalue weighted by Gasteiger charge is -2.39. The van der Waals surface area contributed by atoms with Gasteiger partial charge in [0, 0.05) is 6.10 Å². The maximum Gasteiger partial charge on any atom is 0.192 e. The van der Waals surface area contributed by atoms with E-state index in [1.165, 1.54) is 0 Å². The van der Waals surface area contributed by atoms with Crippen molar-refractivity contribution in [3.8, 4) is 0 Å². The van der Waals surface area contributed by atoms with E-state index in [0.29, 0.717) is 0 Å². The average molecular weight is 273 g/mol. The quantitative estimate of drug-likeness (QED) is 0.575. The maximum absolute atomic E-state index is 9.96. The van der Waals surface area contributed by atoms with Crippen molar-refractivity contribution >= 4 is 8.32 Å². The lowest BCUT2D eigenvalue weighted by Crippen LogP contribution is -2.43. The van der Waals surface area contributed by atoms with E-state index in [0.717, 1.165) is 12.0 Å². The Bertz CT molecular complexity index is 279. The fourth-order valence-electron chi connectivity index (χ4n) is 1.87. The van der Waals surface area contributed by atoms with Gasteiger partial charge in [-0.05, 0) is 44.3 Å². The summed E-state index contributed by atoms with van der Waals surface area (Å²) in [4.78, 5) is 0. The molecule has 0 spiro atoms. The molecule has 18 heavy (non-hydrogen) atoms. The van der Waals surface area contributed by atoms with Crippen molar-refractivity contribution in [3.05, 3.63) is 12.2 Å². The molecule has 0 aliphatic rings. The van der Waals surface area contributed by atoms with Gasteiger partial charge < -0.3 is 9.53 Å². The molecule has 0 aromatic carbocycles. The third-order valence-corrected chi connectivity index (χ3v) is 8.65. The Balaban J connectivity index is 4.44. The van der Waals surface area contributed by atoms with Gasteiger partial charge in [-0.3, -0.25) is 0 Å². The second kappa shape index (κ2) is 6.35. The molecule has 0 aliphatic heterocycles. The number of aliphatic hydroxyl groups excluding tert-OH is 1. The van der Waals surface area contributed by atoms with Gasteiger partial charge in [0.2, 0.25) is 0 Å². The van der Waals surface area contributed by atoms with E-state index >= 15 is 0 Å². The SMILES string of the molecule is C=C(C)[C@@H](O)[C@H](C)C[C@H](C)O[Si](C)(C)C(C)(C)C. The molecule has 0 fully saturated rings. The summed E-state index contributed by atoms with van der Waals surface area (Å²) in [7, 11) is -1.70. The summed E-state index contributed by atoms with van der Waals surface area (Å²) in [6.45, 7) is 21.1. The third-order valence-electron chi connectivity index (χ3n) is 4.05. The fraction of sp³-hybridized carbons (Fsp3) is 0.867. The molecule has 2 nitrogen and oxygen atoms in total. The lowest BCUT2D eigenvalue weighted by atomic mass is 9.94. The first-order valence-electron chi connectivity index (χ1n) is 6.89. The summed E-state index contributed by atoms with van der Waals surface area (Å²) < 4.78 is 6.30. The van der Waals surface area contributed by atoms with Crippen LogP contribution >= 0.6 is 0 Å². The highest BCUT2D eigenvalue weighted by atomic mass is 28.4. The van der Waals surface area contributed by atoms with Gasteiger partial charge in [-0.15, -0.1) is 0 Å². The molecule has 0 unspecified atom stereocenters. The van der Waals surface area contributed by atoms with Gasteiger partial charge in [0.05, 0.1) is 6.10 Å². The normalized spacial score (nSPS) is 18.3. The van der Waals surface area contributed by atoms with E-state index < -0.39 is 14.4 Å². The van der Waals surface area contributed by atoms with Crippen molar-refractivity contribution in [3.63, 3.8) is 0 Å². The average Bonchev–Trinajstić information content (AvgIpc) is 2.13. The highest BCUT2D eigenvalue weighted by molar-refractivity contribution is 6.74. The minimum absolute atomic E-state index is 0.190. The molecule has 3 atom stereocenters. The summed E-state index contributed by atoms with van der Waals surface area (Å²) in [5.41, 5.74) is 0.835. The van der Waals surface area contributed by atoms with Crippen molar-refractivity contribution < 1.29 is 9.53 Å². The zero-order valence-electron chi connectivity index (χ0n) is 13.5. The molecule has 108 valence electrons. The van der Waals surface area contributed by atoms with Gasteiger partial charge in [-0.1, -0.05) is 39.8 Å². The van der Waals surface area contributed by atoms with Gasteiger partial charge in [-0.2, -0.15) is 0 Å². The number of aliphatic hydroxyl groups is 1. The molecule has 0 saturated carbocycles. The lowest BCUT2D eigenvalue weighted by molar-refractivity contribution is 0.101. The first-order chi connectivity index (χ1) is 7.88. The summed E-state index contributed by atoms with van der Waals surface area (Å²) in [6, 6.07) is 0. The van der Waals surface area contributed by atoms with Crippen molar-refractivity contribution in [2.45, 2.75) is 78.3 Å². The molecule has 0 aromatic rings. The molecule has 0 amide bonds. The Morgan fingerprint density at radius 3 is 2.06 bits per heavy atom. The van der Waals surface area contributed by atoms with Gasteiger partial charge in [0.15, 0.2) is 8.32 Å². The third kappa shape index (κ3) is 5.25. The van der Waals surface area contributed by atoms with Crippen LogP contribution in [0.1, 0.15) is 48.0 Å². The number of rotatable bonds is 6. The van der Waals surface area contributed by atoms with E-state index in [-0.39, 0.29) is 17.1 Å². The van der Waals surface area contributed by atoms with Crippen LogP contribution in [0.15, 0.2) is 12.2 Å². The van der Waals surface area contributed by atoms with Gasteiger partial charge in [0.1, 0.15) is 0 Å². The molecule has 0 saturated heterocycles. The van der Waals surface area contributed by atoms with Crippen LogP contribution in [0, 0.1) is 5.92 Å². The zero-order chi connectivity index (χ0) is 14.7. The minimum Gasteiger partial charge on any atom is -0.414 e. The van der Waals surface area contributed by atoms with Crippen LogP contribution in [0.5, 0.6) is 0 Å². The first kappa shape index (κ1) is 17.9. The highest BCUT2D eigenvalue weighted by Gasteiger charge is 2.38. The molecule has 0 heterocycles. The Hall–Kier alpha value is -0.123. The maximum atomic E-state index is 9.96. The molecule has 3 heteroatoms. The van der Waals surface area contributed by atoms with Crippen molar-refractivity contribution in [2.75, 3.05) is 0 Å². The summed E-state index contributed by atoms with van der Waals surface area (Å²) in [5.74, 6) is 0.197. The highest BCUT2D eigenvalue weighted by Crippen LogP contribution is 2.38. The standard InChI is InChI=1S/C15H32O2Si/c1-11(2)14(16)12(3)10-13(4)17-18(8,9)15(5,6)7/h12-14,16H,1,10H2,2-9H3/t12-,13+,14-/m1/s1. The zero-order valence-corrected chi connectivity index (χ0v) is 14.5. The molecule has 0 rings (SSSR count). The summed E-state index contributed by atoms with van der Waals surface area (Å²) in [5, 5.41) is 10.2. The topological polar surface area (TPSA) is 29.5 Å². The first-order valence-corrected chi connectivity index (χ1v) is 9.80. The Kier molecular flexibility index (Phi) is 6.31. The molecular weight excluding hydrogens is 240 g/mol. The minimum atomic E-state index is -1.70. The van der Waals surface area contributed by atoms with Crippen molar-refractivity contribution in [1.82, 2.24) is 0 Å². The number of hydrogen-bond donors (Lipinski definition) is 1. The van der Waals surface area contributed by atoms with E-state index in [1.807, 2.05) is 6.92 Å². The van der Waals surface area contributed by atoms with Crippen LogP contribution in [0.25, 0.3) is 0 Å². The van der Waals surface area contributed by atoms with E-state index in [1.54, 1.807) is 0 Å². The Morgan fingerprint density at radius 1 is 1.28 bits per heavy atom. The molecule has 1 N–H and O–H groups in total. The second-order valence-corrected chi connectivity index (χ2v) is 11.9. The van der Waals surface area contributed by atoms with Gasteiger partial charge in [-0.25, -0.2) is 0 Å². The van der Waals surface area contributed by atoms with Crippen LogP contribution < -0.4 is 0 Å². The van der Waals surface area contributed by atoms with Gasteiger partial charge in [0.25, 0.3) is 0 Å². The van der Waals surface area contributed by atoms with Crippen molar-refractivity contribution in [2.24, 2.45) is 5.92 Å². The number of hydrogen-bond acceptors (Lipinski definition) is 2. The molecule has 0 bridgehead atoms. The fourth-order valence-corrected chi connectivity index (χ4v) is 3.32. The smallest absolute Gasteiger partial charge is 0.192 e. The van der Waals surface area contributed by atoms with E-state index in [4.69, 9.17) is 4.43 Å². The van der Waals surface area contributed by atoms with Crippen LogP contribution in [0.2, 0.25) is 18.1 Å². The van der Waals surface area contributed by atoms with Gasteiger partial charge >= 0.3 is 0 Å². The predicted octanol–water partition coefficient (Wildman–Crippen LogP) is 4.36. The van der Waals surface area contributed by atoms with Crippen molar-refractivity contribution in [1.29, 1.82) is 0 Å². The Labute approximate surface area is 115 Å². The monoisotopic (exact) mass is 272 g/mol. The van der Waals surface area contributed by atoms with E-state index in [2.05, 4.69) is 54.3 Å². The molecular formula is C15H32O2Si. The second-order valence-electron chi connectivity index (χ2n) is 7.19. The molecule has 0 radical (unpaired) electrons. The van der Waals surface area contributed by atoms with Crippen LogP contribution in [-0.4, -0.2) is 25.6 Å². The predicted molar refractivity (Wildman–Crippen MR) is 82.3 cm³/mol. The largest absolute Gasteiger partial charge is 0.414 e. The Morgan fingerprint density at radius 2 is 1.72 bits per heavy atom. The molecule has 0 aromatic heterocycles. The van der Waals surface area contributed by atoms with Crippen LogP contribution in [-0.2, 0) is 4.43 Å². The van der Waals surface area contributed by atoms with E-state index in [9.17, 15) is 5.11 Å². The van der Waals surface area contributed by atoms with Crippen LogP contribution in [0.4, 0.5) is 0 Å².